The molecule has 5 nitrogen and oxygen atoms in total. The van der Waals surface area contributed by atoms with Crippen LogP contribution in [0.4, 0.5) is 0 Å². The van der Waals surface area contributed by atoms with Gasteiger partial charge in [0, 0.05) is 12.5 Å². The molecule has 1 N–H and O–H groups in total. The number of carbonyl (C=O) groups excluding carboxylic acids is 2. The van der Waals surface area contributed by atoms with Crippen LogP contribution >= 0.6 is 0 Å². The number of hydrogen-bond acceptors (Lipinski definition) is 3. The van der Waals surface area contributed by atoms with Crippen molar-refractivity contribution in [2.75, 3.05) is 0 Å². The first kappa shape index (κ1) is 12.3. The van der Waals surface area contributed by atoms with Crippen molar-refractivity contribution >= 4 is 11.8 Å². The van der Waals surface area contributed by atoms with Crippen molar-refractivity contribution in [2.24, 2.45) is 0 Å². The number of likely N-dealkylation sites (tertiary alicyclic amines) is 1. The highest BCUT2D eigenvalue weighted by molar-refractivity contribution is 5.91. The Hall–Kier alpha value is -1.78. The second-order valence-electron chi connectivity index (χ2n) is 5.37. The maximum atomic E-state index is 12.1. The lowest BCUT2D eigenvalue weighted by Crippen LogP contribution is -2.44. The Morgan fingerprint density at radius 2 is 2.21 bits per heavy atom. The molecule has 0 radical (unpaired) electrons. The molecule has 2 aliphatic rings. The van der Waals surface area contributed by atoms with Gasteiger partial charge in [-0.1, -0.05) is 0 Å². The van der Waals surface area contributed by atoms with Crippen LogP contribution in [0.2, 0.25) is 0 Å². The summed E-state index contributed by atoms with van der Waals surface area (Å²) in [6.45, 7) is 2.25. The summed E-state index contributed by atoms with van der Waals surface area (Å²) in [4.78, 5) is 25.7. The van der Waals surface area contributed by atoms with Gasteiger partial charge < -0.3 is 14.6 Å². The predicted octanol–water partition coefficient (Wildman–Crippen LogP) is 1.36. The molecule has 1 aliphatic carbocycles. The normalized spacial score (nSPS) is 22.9. The summed E-state index contributed by atoms with van der Waals surface area (Å²) >= 11 is 0. The Bertz CT molecular complexity index is 505. The third kappa shape index (κ3) is 2.64. The number of aryl methyl sites for hydroxylation is 1. The molecule has 1 aromatic heterocycles. The van der Waals surface area contributed by atoms with E-state index in [0.29, 0.717) is 25.4 Å². The van der Waals surface area contributed by atoms with Gasteiger partial charge in [-0.2, -0.15) is 0 Å². The van der Waals surface area contributed by atoms with Crippen LogP contribution in [0, 0.1) is 6.92 Å². The smallest absolute Gasteiger partial charge is 0.243 e. The molecule has 2 fully saturated rings. The van der Waals surface area contributed by atoms with Crippen molar-refractivity contribution in [3.63, 3.8) is 0 Å². The quantitative estimate of drug-likeness (QED) is 0.891. The van der Waals surface area contributed by atoms with Crippen molar-refractivity contribution in [3.05, 3.63) is 23.7 Å². The molecular weight excluding hydrogens is 244 g/mol. The second-order valence-corrected chi connectivity index (χ2v) is 5.37. The first-order valence-electron chi connectivity index (χ1n) is 6.78. The summed E-state index contributed by atoms with van der Waals surface area (Å²) in [6.07, 6.45) is 3.17. The van der Waals surface area contributed by atoms with Crippen LogP contribution in [0.15, 0.2) is 16.5 Å². The van der Waals surface area contributed by atoms with Gasteiger partial charge in [-0.15, -0.1) is 0 Å². The lowest BCUT2D eigenvalue weighted by molar-refractivity contribution is -0.136. The molecule has 19 heavy (non-hydrogen) atoms. The number of nitrogens with one attached hydrogen (secondary N) is 1. The molecule has 1 aliphatic heterocycles. The maximum absolute atomic E-state index is 12.1. The van der Waals surface area contributed by atoms with E-state index in [0.717, 1.165) is 24.4 Å². The highest BCUT2D eigenvalue weighted by Gasteiger charge is 2.38. The van der Waals surface area contributed by atoms with Crippen molar-refractivity contribution in [2.45, 2.75) is 51.2 Å². The number of nitrogens with zero attached hydrogens (tertiary/aromatic N) is 1. The van der Waals surface area contributed by atoms with Gasteiger partial charge in [-0.25, -0.2) is 0 Å². The highest BCUT2D eigenvalue weighted by Crippen LogP contribution is 2.25. The van der Waals surface area contributed by atoms with Crippen LogP contribution in [0.3, 0.4) is 0 Å². The molecule has 102 valence electrons. The van der Waals surface area contributed by atoms with Crippen LogP contribution in [0.5, 0.6) is 0 Å². The molecular formula is C14H18N2O3. The predicted molar refractivity (Wildman–Crippen MR) is 68.2 cm³/mol. The van der Waals surface area contributed by atoms with Crippen molar-refractivity contribution in [1.29, 1.82) is 0 Å². The summed E-state index contributed by atoms with van der Waals surface area (Å²) in [5.74, 6) is 1.57. The van der Waals surface area contributed by atoms with Gasteiger partial charge in [-0.05, 0) is 38.3 Å². The molecule has 3 rings (SSSR count). The maximum Gasteiger partial charge on any atom is 0.243 e. The zero-order valence-electron chi connectivity index (χ0n) is 11.0. The molecule has 1 saturated carbocycles. The van der Waals surface area contributed by atoms with Crippen LogP contribution in [-0.4, -0.2) is 28.8 Å². The molecule has 2 amide bonds. The largest absolute Gasteiger partial charge is 0.464 e. The SMILES string of the molecule is Cc1ccc(CN2C(=O)CC[C@H]2C(=O)NC2CC2)o1. The van der Waals surface area contributed by atoms with E-state index >= 15 is 0 Å². The molecule has 2 heterocycles. The fraction of sp³-hybridized carbons (Fsp3) is 0.571. The molecule has 1 saturated heterocycles. The van der Waals surface area contributed by atoms with Gasteiger partial charge in [0.15, 0.2) is 0 Å². The Balaban J connectivity index is 1.68. The second kappa shape index (κ2) is 4.72. The summed E-state index contributed by atoms with van der Waals surface area (Å²) < 4.78 is 5.49. The van der Waals surface area contributed by atoms with Crippen LogP contribution in [-0.2, 0) is 16.1 Å². The van der Waals surface area contributed by atoms with Gasteiger partial charge in [0.2, 0.25) is 11.8 Å². The average molecular weight is 262 g/mol. The van der Waals surface area contributed by atoms with Crippen LogP contribution in [0.1, 0.15) is 37.2 Å². The Morgan fingerprint density at radius 3 is 2.84 bits per heavy atom. The topological polar surface area (TPSA) is 62.6 Å². The summed E-state index contributed by atoms with van der Waals surface area (Å²) in [5.41, 5.74) is 0. The van der Waals surface area contributed by atoms with E-state index in [1.807, 2.05) is 19.1 Å². The fourth-order valence-electron chi connectivity index (χ4n) is 2.47. The fourth-order valence-corrected chi connectivity index (χ4v) is 2.47. The third-order valence-corrected chi connectivity index (χ3v) is 3.68. The van der Waals surface area contributed by atoms with E-state index in [9.17, 15) is 9.59 Å². The monoisotopic (exact) mass is 262 g/mol. The van der Waals surface area contributed by atoms with Gasteiger partial charge in [0.1, 0.15) is 17.6 Å². The van der Waals surface area contributed by atoms with Crippen LogP contribution < -0.4 is 5.32 Å². The molecule has 0 unspecified atom stereocenters. The van der Waals surface area contributed by atoms with Crippen LogP contribution in [0.25, 0.3) is 0 Å². The minimum Gasteiger partial charge on any atom is -0.464 e. The van der Waals surface area contributed by atoms with Crippen molar-refractivity contribution < 1.29 is 14.0 Å². The third-order valence-electron chi connectivity index (χ3n) is 3.68. The van der Waals surface area contributed by atoms with E-state index in [1.54, 1.807) is 4.90 Å². The zero-order valence-corrected chi connectivity index (χ0v) is 11.0. The molecule has 0 spiro atoms. The van der Waals surface area contributed by atoms with Gasteiger partial charge in [0.25, 0.3) is 0 Å². The Labute approximate surface area is 111 Å². The van der Waals surface area contributed by atoms with Gasteiger partial charge in [-0.3, -0.25) is 9.59 Å². The number of rotatable bonds is 4. The number of amides is 2. The van der Waals surface area contributed by atoms with E-state index in [2.05, 4.69) is 5.32 Å². The van der Waals surface area contributed by atoms with Crippen molar-refractivity contribution in [1.82, 2.24) is 10.2 Å². The first-order valence-corrected chi connectivity index (χ1v) is 6.78. The standard InChI is InChI=1S/C14H18N2O3/c1-9-2-5-11(19-9)8-16-12(6-7-13(16)17)14(18)15-10-3-4-10/h2,5,10,12H,3-4,6-8H2,1H3,(H,15,18)/t12-/m0/s1. The molecule has 5 heteroatoms. The zero-order chi connectivity index (χ0) is 13.4. The van der Waals surface area contributed by atoms with Crippen molar-refractivity contribution in [3.8, 4) is 0 Å². The Morgan fingerprint density at radius 1 is 1.42 bits per heavy atom. The van der Waals surface area contributed by atoms with Gasteiger partial charge >= 0.3 is 0 Å². The minimum absolute atomic E-state index is 0.0170. The number of hydrogen-bond donors (Lipinski definition) is 1. The average Bonchev–Trinajstić information content (AvgIpc) is 2.97. The lowest BCUT2D eigenvalue weighted by atomic mass is 10.2. The number of carbonyl (C=O) groups is 2. The minimum atomic E-state index is -0.335. The molecule has 0 bridgehead atoms. The Kier molecular flexibility index (Phi) is 3.05. The van der Waals surface area contributed by atoms with E-state index in [-0.39, 0.29) is 17.9 Å². The molecule has 1 atom stereocenters. The van der Waals surface area contributed by atoms with Gasteiger partial charge in [0.05, 0.1) is 6.54 Å². The summed E-state index contributed by atoms with van der Waals surface area (Å²) in [5, 5.41) is 2.97. The first-order chi connectivity index (χ1) is 9.13. The number of furan rings is 1. The van der Waals surface area contributed by atoms with E-state index in [4.69, 9.17) is 4.42 Å². The summed E-state index contributed by atoms with van der Waals surface area (Å²) in [7, 11) is 0. The molecule has 0 aromatic carbocycles. The van der Waals surface area contributed by atoms with E-state index in [1.165, 1.54) is 0 Å². The lowest BCUT2D eigenvalue weighted by Gasteiger charge is -2.23. The highest BCUT2D eigenvalue weighted by atomic mass is 16.3. The molecule has 1 aromatic rings. The van der Waals surface area contributed by atoms with E-state index < -0.39 is 0 Å². The summed E-state index contributed by atoms with van der Waals surface area (Å²) in [6, 6.07) is 3.72.